The maximum atomic E-state index is 10.1. The lowest BCUT2D eigenvalue weighted by molar-refractivity contribution is 0.129. The molecule has 2 rings (SSSR count). The van der Waals surface area contributed by atoms with Gasteiger partial charge in [-0.05, 0) is 42.2 Å². The quantitative estimate of drug-likeness (QED) is 0.867. The Labute approximate surface area is 110 Å². The van der Waals surface area contributed by atoms with Crippen LogP contribution in [0.4, 0.5) is 0 Å². The first-order chi connectivity index (χ1) is 8.65. The van der Waals surface area contributed by atoms with Crippen molar-refractivity contribution in [1.82, 2.24) is 0 Å². The van der Waals surface area contributed by atoms with Crippen molar-refractivity contribution in [1.29, 1.82) is 0 Å². The minimum Gasteiger partial charge on any atom is -0.393 e. The summed E-state index contributed by atoms with van der Waals surface area (Å²) in [4.78, 5) is 0. The van der Waals surface area contributed by atoms with Gasteiger partial charge in [-0.3, -0.25) is 0 Å². The summed E-state index contributed by atoms with van der Waals surface area (Å²) in [6.07, 6.45) is 2.49. The Bertz CT molecular complexity index is 350. The number of benzene rings is 1. The molecule has 2 atom stereocenters. The van der Waals surface area contributed by atoms with Crippen LogP contribution in [0.1, 0.15) is 43.7 Å². The second kappa shape index (κ2) is 6.35. The molecule has 1 aromatic rings. The first-order valence-corrected chi connectivity index (χ1v) is 7.00. The van der Waals surface area contributed by atoms with Crippen LogP contribution < -0.4 is 0 Å². The van der Waals surface area contributed by atoms with Crippen molar-refractivity contribution in [3.63, 3.8) is 0 Å². The summed E-state index contributed by atoms with van der Waals surface area (Å²) in [5.41, 5.74) is 2.59. The van der Waals surface area contributed by atoms with Crippen molar-refractivity contribution < 1.29 is 9.84 Å². The Kier molecular flexibility index (Phi) is 4.79. The zero-order valence-corrected chi connectivity index (χ0v) is 11.4. The molecular formula is C16H24O2. The van der Waals surface area contributed by atoms with Gasteiger partial charge in [0.2, 0.25) is 0 Å². The number of aliphatic hydroxyl groups excluding tert-OH is 1. The average molecular weight is 248 g/mol. The Morgan fingerprint density at radius 2 is 2.00 bits per heavy atom. The van der Waals surface area contributed by atoms with Crippen molar-refractivity contribution in [2.24, 2.45) is 5.92 Å². The van der Waals surface area contributed by atoms with E-state index in [-0.39, 0.29) is 6.10 Å². The first kappa shape index (κ1) is 13.6. The third-order valence-corrected chi connectivity index (χ3v) is 3.75. The summed E-state index contributed by atoms with van der Waals surface area (Å²) in [5.74, 6) is 1.12. The number of hydrogen-bond donors (Lipinski definition) is 1. The van der Waals surface area contributed by atoms with Gasteiger partial charge in [-0.1, -0.05) is 38.1 Å². The van der Waals surface area contributed by atoms with E-state index in [1.54, 1.807) is 0 Å². The van der Waals surface area contributed by atoms with Crippen molar-refractivity contribution in [2.45, 2.75) is 45.1 Å². The van der Waals surface area contributed by atoms with Gasteiger partial charge in [0.25, 0.3) is 0 Å². The molecule has 2 heteroatoms. The van der Waals surface area contributed by atoms with Gasteiger partial charge in [0.15, 0.2) is 0 Å². The molecule has 1 heterocycles. The molecule has 1 aromatic carbocycles. The van der Waals surface area contributed by atoms with Crippen molar-refractivity contribution in [3.8, 4) is 0 Å². The van der Waals surface area contributed by atoms with E-state index in [0.717, 1.165) is 32.5 Å². The Morgan fingerprint density at radius 3 is 2.56 bits per heavy atom. The van der Waals surface area contributed by atoms with Gasteiger partial charge in [0.05, 0.1) is 6.10 Å². The Morgan fingerprint density at radius 1 is 1.28 bits per heavy atom. The van der Waals surface area contributed by atoms with Crippen molar-refractivity contribution in [3.05, 3.63) is 35.4 Å². The van der Waals surface area contributed by atoms with E-state index < -0.39 is 0 Å². The third kappa shape index (κ3) is 3.82. The largest absolute Gasteiger partial charge is 0.393 e. The smallest absolute Gasteiger partial charge is 0.0584 e. The van der Waals surface area contributed by atoms with E-state index in [2.05, 4.69) is 38.1 Å². The van der Waals surface area contributed by atoms with E-state index in [1.165, 1.54) is 11.1 Å². The fraction of sp³-hybridized carbons (Fsp3) is 0.625. The molecule has 0 amide bonds. The van der Waals surface area contributed by atoms with Crippen LogP contribution in [0.15, 0.2) is 24.3 Å². The topological polar surface area (TPSA) is 29.5 Å². The summed E-state index contributed by atoms with van der Waals surface area (Å²) in [5, 5.41) is 10.1. The maximum Gasteiger partial charge on any atom is 0.0584 e. The van der Waals surface area contributed by atoms with Gasteiger partial charge in [0.1, 0.15) is 0 Å². The minimum atomic E-state index is -0.235. The molecule has 1 N–H and O–H groups in total. The van der Waals surface area contributed by atoms with E-state index in [1.807, 2.05) is 0 Å². The van der Waals surface area contributed by atoms with E-state index in [9.17, 15) is 5.11 Å². The van der Waals surface area contributed by atoms with Gasteiger partial charge in [0, 0.05) is 13.2 Å². The van der Waals surface area contributed by atoms with Gasteiger partial charge in [-0.2, -0.15) is 0 Å². The molecule has 0 spiro atoms. The fourth-order valence-corrected chi connectivity index (χ4v) is 2.55. The molecule has 1 saturated heterocycles. The molecule has 1 aliphatic heterocycles. The highest BCUT2D eigenvalue weighted by Crippen LogP contribution is 2.21. The number of aliphatic hydroxyl groups is 1. The van der Waals surface area contributed by atoms with E-state index in [0.29, 0.717) is 11.8 Å². The van der Waals surface area contributed by atoms with Crippen LogP contribution in [0.25, 0.3) is 0 Å². The zero-order valence-electron chi connectivity index (χ0n) is 11.4. The van der Waals surface area contributed by atoms with Crippen molar-refractivity contribution in [2.75, 3.05) is 13.2 Å². The van der Waals surface area contributed by atoms with Gasteiger partial charge in [-0.15, -0.1) is 0 Å². The number of hydrogen-bond acceptors (Lipinski definition) is 2. The Balaban J connectivity index is 1.84. The SMILES string of the molecule is CC(C)c1ccc(CC(O)CC2CCOC2)cc1. The van der Waals surface area contributed by atoms with Gasteiger partial charge in [-0.25, -0.2) is 0 Å². The molecule has 0 aliphatic carbocycles. The monoisotopic (exact) mass is 248 g/mol. The van der Waals surface area contributed by atoms with E-state index in [4.69, 9.17) is 4.74 Å². The summed E-state index contributed by atoms with van der Waals surface area (Å²) in [6, 6.07) is 8.63. The van der Waals surface area contributed by atoms with E-state index >= 15 is 0 Å². The van der Waals surface area contributed by atoms with Crippen LogP contribution in [0, 0.1) is 5.92 Å². The summed E-state index contributed by atoms with van der Waals surface area (Å²) in [6.45, 7) is 6.08. The third-order valence-electron chi connectivity index (χ3n) is 3.75. The summed E-state index contributed by atoms with van der Waals surface area (Å²) in [7, 11) is 0. The lowest BCUT2D eigenvalue weighted by Gasteiger charge is -2.15. The molecule has 1 fully saturated rings. The molecule has 0 radical (unpaired) electrons. The molecular weight excluding hydrogens is 224 g/mol. The standard InChI is InChI=1S/C16H24O2/c1-12(2)15-5-3-13(4-6-15)9-16(17)10-14-7-8-18-11-14/h3-6,12,14,16-17H,7-11H2,1-2H3. The molecule has 0 saturated carbocycles. The fourth-order valence-electron chi connectivity index (χ4n) is 2.55. The molecule has 1 aliphatic rings. The summed E-state index contributed by atoms with van der Waals surface area (Å²) < 4.78 is 5.34. The van der Waals surface area contributed by atoms with Crippen LogP contribution >= 0.6 is 0 Å². The highest BCUT2D eigenvalue weighted by atomic mass is 16.5. The van der Waals surface area contributed by atoms with Crippen LogP contribution in [-0.2, 0) is 11.2 Å². The molecule has 18 heavy (non-hydrogen) atoms. The van der Waals surface area contributed by atoms with Crippen molar-refractivity contribution >= 4 is 0 Å². The van der Waals surface area contributed by atoms with Crippen LogP contribution in [0.2, 0.25) is 0 Å². The highest BCUT2D eigenvalue weighted by molar-refractivity contribution is 5.25. The molecule has 0 aromatic heterocycles. The van der Waals surface area contributed by atoms with Crippen LogP contribution in [-0.4, -0.2) is 24.4 Å². The second-order valence-electron chi connectivity index (χ2n) is 5.72. The Hall–Kier alpha value is -0.860. The van der Waals surface area contributed by atoms with Gasteiger partial charge >= 0.3 is 0 Å². The predicted octanol–water partition coefficient (Wildman–Crippen LogP) is 3.14. The molecule has 2 unspecified atom stereocenters. The zero-order chi connectivity index (χ0) is 13.0. The minimum absolute atomic E-state index is 0.235. The average Bonchev–Trinajstić information content (AvgIpc) is 2.82. The summed E-state index contributed by atoms with van der Waals surface area (Å²) >= 11 is 0. The normalized spacial score (nSPS) is 21.4. The maximum absolute atomic E-state index is 10.1. The lowest BCUT2D eigenvalue weighted by atomic mass is 9.95. The number of rotatable bonds is 5. The van der Waals surface area contributed by atoms with Crippen LogP contribution in [0.3, 0.4) is 0 Å². The van der Waals surface area contributed by atoms with Gasteiger partial charge < -0.3 is 9.84 Å². The second-order valence-corrected chi connectivity index (χ2v) is 5.72. The van der Waals surface area contributed by atoms with Crippen LogP contribution in [0.5, 0.6) is 0 Å². The predicted molar refractivity (Wildman–Crippen MR) is 73.8 cm³/mol. The molecule has 100 valence electrons. The molecule has 2 nitrogen and oxygen atoms in total. The molecule has 0 bridgehead atoms. The number of ether oxygens (including phenoxy) is 1. The first-order valence-electron chi connectivity index (χ1n) is 7.00. The lowest BCUT2D eigenvalue weighted by Crippen LogP contribution is -2.16. The highest BCUT2D eigenvalue weighted by Gasteiger charge is 2.19.